The lowest BCUT2D eigenvalue weighted by atomic mass is 9.69. The van der Waals surface area contributed by atoms with Gasteiger partial charge in [0.25, 0.3) is 0 Å². The minimum atomic E-state index is -2.73. The van der Waals surface area contributed by atoms with E-state index in [1.165, 1.54) is 0 Å². The average Bonchev–Trinajstić information content (AvgIpc) is 2.78. The Labute approximate surface area is 138 Å². The molecular weight excluding hydrogens is 320 g/mol. The third kappa shape index (κ3) is 2.79. The first-order valence-corrected chi connectivity index (χ1v) is 7.81. The summed E-state index contributed by atoms with van der Waals surface area (Å²) >= 11 is 0. The first kappa shape index (κ1) is 18.4. The molecular formula is C16H22O8. The van der Waals surface area contributed by atoms with Gasteiger partial charge in [-0.25, -0.2) is 4.79 Å². The normalized spacial score (nSPS) is 30.0. The van der Waals surface area contributed by atoms with Gasteiger partial charge in [-0.05, 0) is 24.2 Å². The Hall–Kier alpha value is -1.96. The minimum Gasteiger partial charge on any atom is -0.481 e. The Morgan fingerprint density at radius 1 is 1.25 bits per heavy atom. The molecule has 8 heteroatoms. The first-order chi connectivity index (χ1) is 10.9. The highest BCUT2D eigenvalue weighted by molar-refractivity contribution is 5.91. The van der Waals surface area contributed by atoms with Crippen molar-refractivity contribution in [2.75, 3.05) is 6.61 Å². The molecule has 2 aliphatic rings. The van der Waals surface area contributed by atoms with Gasteiger partial charge < -0.3 is 20.1 Å². The molecule has 2 fully saturated rings. The smallest absolute Gasteiger partial charge is 0.336 e. The highest BCUT2D eigenvalue weighted by Gasteiger charge is 2.64. The number of esters is 1. The fourth-order valence-corrected chi connectivity index (χ4v) is 4.07. The molecule has 134 valence electrons. The second-order valence-electron chi connectivity index (χ2n) is 7.41. The van der Waals surface area contributed by atoms with Crippen LogP contribution in [0.5, 0.6) is 0 Å². The van der Waals surface area contributed by atoms with Crippen molar-refractivity contribution in [3.63, 3.8) is 0 Å². The highest BCUT2D eigenvalue weighted by atomic mass is 16.5. The molecule has 0 spiro atoms. The van der Waals surface area contributed by atoms with Gasteiger partial charge in [-0.15, -0.1) is 0 Å². The number of Topliss-reactive ketones (excluding diaryl/α,β-unsaturated/α-hetero) is 1. The molecule has 0 saturated heterocycles. The van der Waals surface area contributed by atoms with Gasteiger partial charge in [0.05, 0.1) is 18.3 Å². The molecule has 0 aromatic carbocycles. The predicted molar refractivity (Wildman–Crippen MR) is 79.0 cm³/mol. The van der Waals surface area contributed by atoms with Crippen LogP contribution in [-0.2, 0) is 23.9 Å². The summed E-state index contributed by atoms with van der Waals surface area (Å²) in [4.78, 5) is 46.0. The van der Waals surface area contributed by atoms with Crippen LogP contribution in [0.15, 0.2) is 0 Å². The summed E-state index contributed by atoms with van der Waals surface area (Å²) in [6.07, 6.45) is -0.177. The largest absolute Gasteiger partial charge is 0.481 e. The zero-order valence-electron chi connectivity index (χ0n) is 13.7. The minimum absolute atomic E-state index is 0.0376. The molecule has 8 nitrogen and oxygen atoms in total. The van der Waals surface area contributed by atoms with Crippen molar-refractivity contribution in [3.8, 4) is 0 Å². The molecule has 2 rings (SSSR count). The number of ether oxygens (including phenoxy) is 1. The molecule has 0 aromatic heterocycles. The number of carbonyl (C=O) groups excluding carboxylic acids is 2. The van der Waals surface area contributed by atoms with Crippen LogP contribution in [0.1, 0.15) is 46.0 Å². The number of ketones is 1. The number of carbonyl (C=O) groups is 4. The maximum atomic E-state index is 12.3. The number of hydrogen-bond donors (Lipinski definition) is 3. The number of aliphatic carboxylic acids is 2. The van der Waals surface area contributed by atoms with Crippen molar-refractivity contribution in [2.24, 2.45) is 16.7 Å². The molecule has 0 aliphatic heterocycles. The zero-order chi connectivity index (χ0) is 18.3. The third-order valence-electron chi connectivity index (χ3n) is 5.90. The molecule has 0 amide bonds. The molecule has 0 heterocycles. The van der Waals surface area contributed by atoms with E-state index in [-0.39, 0.29) is 23.7 Å². The van der Waals surface area contributed by atoms with Crippen LogP contribution in [0.4, 0.5) is 0 Å². The van der Waals surface area contributed by atoms with Crippen LogP contribution in [0.25, 0.3) is 0 Å². The van der Waals surface area contributed by atoms with E-state index >= 15 is 0 Å². The standard InChI is InChI=1S/C16H22O8/c1-14(2)9-3-4-15(14,10(17)5-9)8-24-12(20)7-16(23,13(21)22)6-11(18)19/h9,23H,3-8H2,1-2H3,(H,18,19)(H,21,22). The lowest BCUT2D eigenvalue weighted by molar-refractivity contribution is -0.173. The third-order valence-corrected chi connectivity index (χ3v) is 5.90. The van der Waals surface area contributed by atoms with E-state index in [9.17, 15) is 24.3 Å². The van der Waals surface area contributed by atoms with Crippen molar-refractivity contribution in [1.29, 1.82) is 0 Å². The number of fused-ring (bicyclic) bond motifs is 2. The van der Waals surface area contributed by atoms with Gasteiger partial charge in [0.2, 0.25) is 0 Å². The monoisotopic (exact) mass is 342 g/mol. The summed E-state index contributed by atoms with van der Waals surface area (Å²) in [5.74, 6) is -4.10. The Kier molecular flexibility index (Phi) is 4.47. The fourth-order valence-electron chi connectivity index (χ4n) is 4.07. The lowest BCUT2D eigenvalue weighted by Crippen LogP contribution is -2.45. The summed E-state index contributed by atoms with van der Waals surface area (Å²) < 4.78 is 5.10. The summed E-state index contributed by atoms with van der Waals surface area (Å²) in [6.45, 7) is 3.75. The summed E-state index contributed by atoms with van der Waals surface area (Å²) in [7, 11) is 0. The SMILES string of the molecule is CC1(C)C2CCC1(COC(=O)CC(O)(CC(=O)O)C(=O)O)C(=O)C2. The van der Waals surface area contributed by atoms with E-state index in [1.807, 2.05) is 13.8 Å². The second-order valence-corrected chi connectivity index (χ2v) is 7.41. The van der Waals surface area contributed by atoms with Crippen LogP contribution in [0.2, 0.25) is 0 Å². The zero-order valence-corrected chi connectivity index (χ0v) is 13.7. The Morgan fingerprint density at radius 2 is 1.88 bits per heavy atom. The Bertz CT molecular complexity index is 595. The molecule has 0 aromatic rings. The Morgan fingerprint density at radius 3 is 2.29 bits per heavy atom. The van der Waals surface area contributed by atoms with Crippen molar-refractivity contribution >= 4 is 23.7 Å². The molecule has 0 radical (unpaired) electrons. The van der Waals surface area contributed by atoms with Crippen molar-refractivity contribution in [1.82, 2.24) is 0 Å². The van der Waals surface area contributed by atoms with Crippen molar-refractivity contribution in [2.45, 2.75) is 51.6 Å². The highest BCUT2D eigenvalue weighted by Crippen LogP contribution is 2.63. The quantitative estimate of drug-likeness (QED) is 0.572. The number of rotatable bonds is 7. The number of hydrogen-bond acceptors (Lipinski definition) is 6. The maximum absolute atomic E-state index is 12.3. The molecule has 3 unspecified atom stereocenters. The van der Waals surface area contributed by atoms with E-state index < -0.39 is 41.8 Å². The van der Waals surface area contributed by atoms with Crippen molar-refractivity contribution < 1.29 is 39.2 Å². The van der Waals surface area contributed by atoms with E-state index in [0.717, 1.165) is 6.42 Å². The molecule has 2 saturated carbocycles. The van der Waals surface area contributed by atoms with Crippen LogP contribution < -0.4 is 0 Å². The number of carboxylic acid groups (broad SMARTS) is 2. The van der Waals surface area contributed by atoms with E-state index in [1.54, 1.807) is 0 Å². The van der Waals surface area contributed by atoms with Gasteiger partial charge in [-0.2, -0.15) is 0 Å². The summed E-state index contributed by atoms with van der Waals surface area (Å²) in [5, 5.41) is 27.5. The van der Waals surface area contributed by atoms with Gasteiger partial charge >= 0.3 is 17.9 Å². The van der Waals surface area contributed by atoms with E-state index in [4.69, 9.17) is 14.9 Å². The second kappa shape index (κ2) is 5.84. The van der Waals surface area contributed by atoms with Gasteiger partial charge in [-0.1, -0.05) is 13.8 Å². The van der Waals surface area contributed by atoms with Gasteiger partial charge in [0.15, 0.2) is 5.60 Å². The van der Waals surface area contributed by atoms with Gasteiger partial charge in [0, 0.05) is 6.42 Å². The van der Waals surface area contributed by atoms with Gasteiger partial charge in [-0.3, -0.25) is 14.4 Å². The number of aliphatic hydroxyl groups is 1. The van der Waals surface area contributed by atoms with E-state index in [0.29, 0.717) is 12.8 Å². The topological polar surface area (TPSA) is 138 Å². The molecule has 2 bridgehead atoms. The first-order valence-electron chi connectivity index (χ1n) is 7.81. The molecule has 24 heavy (non-hydrogen) atoms. The van der Waals surface area contributed by atoms with E-state index in [2.05, 4.69) is 0 Å². The van der Waals surface area contributed by atoms with Crippen LogP contribution in [0.3, 0.4) is 0 Å². The molecule has 3 atom stereocenters. The Balaban J connectivity index is 2.04. The van der Waals surface area contributed by atoms with Crippen LogP contribution >= 0.6 is 0 Å². The van der Waals surface area contributed by atoms with Crippen LogP contribution in [0, 0.1) is 16.7 Å². The number of carboxylic acids is 2. The maximum Gasteiger partial charge on any atom is 0.336 e. The average molecular weight is 342 g/mol. The lowest BCUT2D eigenvalue weighted by Gasteiger charge is -2.36. The fraction of sp³-hybridized carbons (Fsp3) is 0.750. The predicted octanol–water partition coefficient (Wildman–Crippen LogP) is 0.605. The van der Waals surface area contributed by atoms with Gasteiger partial charge in [0.1, 0.15) is 12.4 Å². The summed E-state index contributed by atoms with van der Waals surface area (Å²) in [6, 6.07) is 0. The molecule has 2 aliphatic carbocycles. The summed E-state index contributed by atoms with van der Waals surface area (Å²) in [5.41, 5.74) is -3.82. The van der Waals surface area contributed by atoms with Crippen molar-refractivity contribution in [3.05, 3.63) is 0 Å². The van der Waals surface area contributed by atoms with Crippen LogP contribution in [-0.4, -0.2) is 51.2 Å². The molecule has 3 N–H and O–H groups in total.